The van der Waals surface area contributed by atoms with Crippen molar-refractivity contribution < 1.29 is 13.9 Å². The summed E-state index contributed by atoms with van der Waals surface area (Å²) < 4.78 is 17.2. The summed E-state index contributed by atoms with van der Waals surface area (Å²) in [6, 6.07) is 5.80. The molecule has 0 heterocycles. The van der Waals surface area contributed by atoms with Gasteiger partial charge in [-0.2, -0.15) is 0 Å². The second-order valence-electron chi connectivity index (χ2n) is 2.86. The molecule has 0 fully saturated rings. The number of hydrogen-bond donors (Lipinski definition) is 0. The maximum Gasteiger partial charge on any atom is 0.331 e. The van der Waals surface area contributed by atoms with Crippen LogP contribution in [0.2, 0.25) is 0 Å². The van der Waals surface area contributed by atoms with Gasteiger partial charge in [-0.05, 0) is 37.3 Å². The molecule has 0 radical (unpaired) electrons. The monoisotopic (exact) mass is 218 g/mol. The van der Waals surface area contributed by atoms with E-state index in [1.807, 2.05) is 0 Å². The van der Waals surface area contributed by atoms with Crippen molar-refractivity contribution in [3.8, 4) is 11.8 Å². The van der Waals surface area contributed by atoms with Gasteiger partial charge in [0, 0.05) is 11.6 Å². The first-order chi connectivity index (χ1) is 7.72. The highest BCUT2D eigenvalue weighted by molar-refractivity contribution is 5.82. The van der Waals surface area contributed by atoms with E-state index in [9.17, 15) is 9.18 Å². The van der Waals surface area contributed by atoms with Crippen molar-refractivity contribution in [1.29, 1.82) is 0 Å². The molecule has 0 aliphatic heterocycles. The van der Waals surface area contributed by atoms with E-state index in [2.05, 4.69) is 16.6 Å². The van der Waals surface area contributed by atoms with Crippen LogP contribution in [0.4, 0.5) is 4.39 Å². The van der Waals surface area contributed by atoms with Gasteiger partial charge in [0.15, 0.2) is 0 Å². The summed E-state index contributed by atoms with van der Waals surface area (Å²) in [5.74, 6) is 4.70. The molecule has 1 aromatic rings. The van der Waals surface area contributed by atoms with Gasteiger partial charge in [0.25, 0.3) is 0 Å². The molecule has 0 aliphatic carbocycles. The number of esters is 1. The summed E-state index contributed by atoms with van der Waals surface area (Å²) in [5, 5.41) is 0. The van der Waals surface area contributed by atoms with Crippen molar-refractivity contribution in [3.05, 3.63) is 47.8 Å². The van der Waals surface area contributed by atoms with E-state index < -0.39 is 5.97 Å². The highest BCUT2D eigenvalue weighted by atomic mass is 19.1. The molecule has 0 spiro atoms. The van der Waals surface area contributed by atoms with Crippen LogP contribution in [-0.2, 0) is 9.53 Å². The smallest absolute Gasteiger partial charge is 0.331 e. The molecule has 0 atom stereocenters. The summed E-state index contributed by atoms with van der Waals surface area (Å²) in [5.41, 5.74) is 0.690. The van der Waals surface area contributed by atoms with Gasteiger partial charge < -0.3 is 4.74 Å². The van der Waals surface area contributed by atoms with Crippen LogP contribution < -0.4 is 0 Å². The summed E-state index contributed by atoms with van der Waals surface area (Å²) >= 11 is 0. The highest BCUT2D eigenvalue weighted by Crippen LogP contribution is 2.00. The summed E-state index contributed by atoms with van der Waals surface area (Å²) in [6.45, 7) is 2.07. The Kier molecular flexibility index (Phi) is 4.81. The first kappa shape index (κ1) is 12.0. The molecule has 1 rings (SSSR count). The molecule has 0 bridgehead atoms. The van der Waals surface area contributed by atoms with E-state index in [1.165, 1.54) is 24.3 Å². The summed E-state index contributed by atoms with van der Waals surface area (Å²) in [7, 11) is 0. The minimum atomic E-state index is -0.420. The number of hydrogen-bond acceptors (Lipinski definition) is 2. The fourth-order valence-corrected chi connectivity index (χ4v) is 0.958. The normalized spacial score (nSPS) is 9.62. The number of carbonyl (C=O) groups excluding carboxylic acids is 1. The number of benzene rings is 1. The van der Waals surface area contributed by atoms with Gasteiger partial charge in [-0.15, -0.1) is 0 Å². The van der Waals surface area contributed by atoms with Crippen LogP contribution in [0.3, 0.4) is 0 Å². The van der Waals surface area contributed by atoms with Crippen molar-refractivity contribution in [1.82, 2.24) is 0 Å². The maximum absolute atomic E-state index is 12.5. The van der Waals surface area contributed by atoms with Crippen LogP contribution in [0, 0.1) is 17.7 Å². The maximum atomic E-state index is 12.5. The average Bonchev–Trinajstić information content (AvgIpc) is 2.27. The first-order valence-corrected chi connectivity index (χ1v) is 4.83. The molecule has 0 amide bonds. The number of halogens is 1. The van der Waals surface area contributed by atoms with Crippen molar-refractivity contribution in [2.75, 3.05) is 6.61 Å². The van der Waals surface area contributed by atoms with Crippen LogP contribution in [0.25, 0.3) is 0 Å². The number of rotatable bonds is 2. The zero-order valence-corrected chi connectivity index (χ0v) is 8.87. The summed E-state index contributed by atoms with van der Waals surface area (Å²) in [6.07, 6.45) is 2.65. The van der Waals surface area contributed by atoms with Gasteiger partial charge in [0.2, 0.25) is 0 Å². The number of allylic oxidation sites excluding steroid dienone is 1. The van der Waals surface area contributed by atoms with E-state index >= 15 is 0 Å². The quantitative estimate of drug-likeness (QED) is 0.432. The van der Waals surface area contributed by atoms with Crippen LogP contribution in [0.5, 0.6) is 0 Å². The second kappa shape index (κ2) is 6.41. The minimum Gasteiger partial charge on any atom is -0.463 e. The molecule has 0 N–H and O–H groups in total. The third-order valence-corrected chi connectivity index (χ3v) is 1.65. The standard InChI is InChI=1S/C13H11FO2/c1-2-16-13(15)6-4-3-5-11-7-9-12(14)10-8-11/h4,6-10H,2H2,1H3/b6-4-. The third-order valence-electron chi connectivity index (χ3n) is 1.65. The molecular formula is C13H11FO2. The lowest BCUT2D eigenvalue weighted by molar-refractivity contribution is -0.137. The molecule has 0 saturated carbocycles. The first-order valence-electron chi connectivity index (χ1n) is 4.83. The molecule has 2 nitrogen and oxygen atoms in total. The predicted molar refractivity (Wildman–Crippen MR) is 59.1 cm³/mol. The highest BCUT2D eigenvalue weighted by Gasteiger charge is 1.90. The Hall–Kier alpha value is -2.08. The van der Waals surface area contributed by atoms with E-state index in [-0.39, 0.29) is 5.82 Å². The van der Waals surface area contributed by atoms with Gasteiger partial charge in [-0.3, -0.25) is 0 Å². The van der Waals surface area contributed by atoms with Crippen molar-refractivity contribution >= 4 is 5.97 Å². The molecule has 16 heavy (non-hydrogen) atoms. The minimum absolute atomic E-state index is 0.299. The van der Waals surface area contributed by atoms with Gasteiger partial charge in [0.1, 0.15) is 5.82 Å². The average molecular weight is 218 g/mol. The second-order valence-corrected chi connectivity index (χ2v) is 2.86. The summed E-state index contributed by atoms with van der Waals surface area (Å²) in [4.78, 5) is 10.9. The zero-order valence-electron chi connectivity index (χ0n) is 8.87. The van der Waals surface area contributed by atoms with Crippen LogP contribution in [0.15, 0.2) is 36.4 Å². The van der Waals surface area contributed by atoms with Gasteiger partial charge in [-0.25, -0.2) is 9.18 Å². The molecule has 82 valence electrons. The lowest BCUT2D eigenvalue weighted by Crippen LogP contribution is -1.98. The van der Waals surface area contributed by atoms with E-state index in [1.54, 1.807) is 19.1 Å². The van der Waals surface area contributed by atoms with Crippen molar-refractivity contribution in [2.24, 2.45) is 0 Å². The Morgan fingerprint density at radius 2 is 2.12 bits per heavy atom. The van der Waals surface area contributed by atoms with Crippen molar-refractivity contribution in [2.45, 2.75) is 6.92 Å². The molecular weight excluding hydrogens is 207 g/mol. The topological polar surface area (TPSA) is 26.3 Å². The Morgan fingerprint density at radius 1 is 1.44 bits per heavy atom. The predicted octanol–water partition coefficient (Wildman–Crippen LogP) is 2.30. The number of carbonyl (C=O) groups is 1. The SMILES string of the molecule is CCOC(=O)/C=C\C#Cc1ccc(F)cc1. The van der Waals surface area contributed by atoms with Crippen LogP contribution in [-0.4, -0.2) is 12.6 Å². The third kappa shape index (κ3) is 4.43. The Bertz CT molecular complexity index is 435. The molecule has 0 aliphatic rings. The van der Waals surface area contributed by atoms with Crippen LogP contribution in [0.1, 0.15) is 12.5 Å². The van der Waals surface area contributed by atoms with Gasteiger partial charge >= 0.3 is 5.97 Å². The fraction of sp³-hybridized carbons (Fsp3) is 0.154. The largest absolute Gasteiger partial charge is 0.463 e. The number of ether oxygens (including phenoxy) is 1. The fourth-order valence-electron chi connectivity index (χ4n) is 0.958. The molecule has 0 aromatic heterocycles. The Morgan fingerprint density at radius 3 is 2.75 bits per heavy atom. The lowest BCUT2D eigenvalue weighted by Gasteiger charge is -1.92. The van der Waals surface area contributed by atoms with Crippen molar-refractivity contribution in [3.63, 3.8) is 0 Å². The zero-order chi connectivity index (χ0) is 11.8. The Balaban J connectivity index is 2.55. The van der Waals surface area contributed by atoms with E-state index in [0.717, 1.165) is 0 Å². The van der Waals surface area contributed by atoms with Crippen LogP contribution >= 0.6 is 0 Å². The molecule has 3 heteroatoms. The van der Waals surface area contributed by atoms with E-state index in [0.29, 0.717) is 12.2 Å². The van der Waals surface area contributed by atoms with Gasteiger partial charge in [0.05, 0.1) is 6.61 Å². The molecule has 0 saturated heterocycles. The van der Waals surface area contributed by atoms with E-state index in [4.69, 9.17) is 0 Å². The van der Waals surface area contributed by atoms with Gasteiger partial charge in [-0.1, -0.05) is 11.8 Å². The molecule has 1 aromatic carbocycles. The lowest BCUT2D eigenvalue weighted by atomic mass is 10.2. The Labute approximate surface area is 93.7 Å². The molecule has 0 unspecified atom stereocenters.